The number of aromatic nitrogens is 1. The standard InChI is InChI=1S/C20H31N3O2/c1-19-13-15(14-22(3)18(24)16-9-6-8-12-21-16)23(4)17(19)10-5-7-11-20(19,2)25/h6,8-9,12,15,17,25H,5,7,10-11,13-14H2,1-4H3/t15-,17-,19-,20+/m1/s1. The van der Waals surface area contributed by atoms with Crippen molar-refractivity contribution in [2.45, 2.75) is 63.6 Å². The van der Waals surface area contributed by atoms with Crippen LogP contribution in [-0.4, -0.2) is 64.1 Å². The fraction of sp³-hybridized carbons (Fsp3) is 0.700. The van der Waals surface area contributed by atoms with E-state index in [0.717, 1.165) is 32.1 Å². The molecule has 1 saturated heterocycles. The summed E-state index contributed by atoms with van der Waals surface area (Å²) in [7, 11) is 4.00. The lowest BCUT2D eigenvalue weighted by Gasteiger charge is -2.43. The highest BCUT2D eigenvalue weighted by molar-refractivity contribution is 5.92. The summed E-state index contributed by atoms with van der Waals surface area (Å²) < 4.78 is 0. The highest BCUT2D eigenvalue weighted by Gasteiger charge is 2.57. The number of amides is 1. The van der Waals surface area contributed by atoms with E-state index in [2.05, 4.69) is 23.9 Å². The third-order valence-electron chi connectivity index (χ3n) is 6.80. The molecule has 5 nitrogen and oxygen atoms in total. The van der Waals surface area contributed by atoms with E-state index in [9.17, 15) is 9.90 Å². The van der Waals surface area contributed by atoms with Gasteiger partial charge in [-0.3, -0.25) is 14.7 Å². The second-order valence-electron chi connectivity index (χ2n) is 8.38. The van der Waals surface area contributed by atoms with Gasteiger partial charge in [-0.2, -0.15) is 0 Å². The molecule has 0 unspecified atom stereocenters. The summed E-state index contributed by atoms with van der Waals surface area (Å²) >= 11 is 0. The smallest absolute Gasteiger partial charge is 0.272 e. The average molecular weight is 345 g/mol. The van der Waals surface area contributed by atoms with E-state index < -0.39 is 5.60 Å². The normalized spacial score (nSPS) is 35.9. The zero-order valence-electron chi connectivity index (χ0n) is 15.9. The van der Waals surface area contributed by atoms with Crippen molar-refractivity contribution in [2.24, 2.45) is 5.41 Å². The molecule has 1 aromatic heterocycles. The second kappa shape index (κ2) is 6.69. The lowest BCUT2D eigenvalue weighted by molar-refractivity contribution is -0.0754. The summed E-state index contributed by atoms with van der Waals surface area (Å²) in [4.78, 5) is 21.0. The Labute approximate surface area is 151 Å². The Morgan fingerprint density at radius 1 is 1.40 bits per heavy atom. The highest BCUT2D eigenvalue weighted by atomic mass is 16.3. The van der Waals surface area contributed by atoms with Crippen molar-refractivity contribution in [3.05, 3.63) is 30.1 Å². The summed E-state index contributed by atoms with van der Waals surface area (Å²) in [5.41, 5.74) is -0.295. The van der Waals surface area contributed by atoms with E-state index in [1.165, 1.54) is 0 Å². The molecular weight excluding hydrogens is 314 g/mol. The number of hydrogen-bond acceptors (Lipinski definition) is 4. The molecule has 5 heteroatoms. The monoisotopic (exact) mass is 345 g/mol. The van der Waals surface area contributed by atoms with Crippen LogP contribution < -0.4 is 0 Å². The summed E-state index contributed by atoms with van der Waals surface area (Å²) in [5.74, 6) is -0.0435. The number of fused-ring (bicyclic) bond motifs is 1. The first-order chi connectivity index (χ1) is 11.8. The predicted octanol–water partition coefficient (Wildman–Crippen LogP) is 2.56. The van der Waals surface area contributed by atoms with Gasteiger partial charge in [-0.05, 0) is 45.4 Å². The molecule has 1 aliphatic heterocycles. The van der Waals surface area contributed by atoms with Crippen LogP contribution >= 0.6 is 0 Å². The van der Waals surface area contributed by atoms with E-state index >= 15 is 0 Å². The van der Waals surface area contributed by atoms with Crippen LogP contribution in [0.15, 0.2) is 24.4 Å². The Hall–Kier alpha value is -1.46. The van der Waals surface area contributed by atoms with Gasteiger partial charge in [0.1, 0.15) is 5.69 Å². The number of likely N-dealkylation sites (tertiary alicyclic amines) is 1. The summed E-state index contributed by atoms with van der Waals surface area (Å²) in [6.07, 6.45) is 6.81. The predicted molar refractivity (Wildman–Crippen MR) is 98.4 cm³/mol. The van der Waals surface area contributed by atoms with E-state index in [1.54, 1.807) is 17.2 Å². The molecule has 1 N–H and O–H groups in total. The van der Waals surface area contributed by atoms with Crippen molar-refractivity contribution in [1.29, 1.82) is 0 Å². The molecule has 0 radical (unpaired) electrons. The molecule has 1 amide bonds. The quantitative estimate of drug-likeness (QED) is 0.915. The molecule has 138 valence electrons. The number of hydrogen-bond donors (Lipinski definition) is 1. The maximum atomic E-state index is 12.6. The number of nitrogens with zero attached hydrogens (tertiary/aromatic N) is 3. The molecule has 1 aliphatic carbocycles. The van der Waals surface area contributed by atoms with Crippen LogP contribution in [0, 0.1) is 5.41 Å². The van der Waals surface area contributed by atoms with Gasteiger partial charge in [0.15, 0.2) is 0 Å². The van der Waals surface area contributed by atoms with Crippen LogP contribution in [0.2, 0.25) is 0 Å². The molecule has 2 aliphatic rings. The van der Waals surface area contributed by atoms with Gasteiger partial charge in [-0.25, -0.2) is 0 Å². The first-order valence-corrected chi connectivity index (χ1v) is 9.37. The van der Waals surface area contributed by atoms with Crippen molar-refractivity contribution < 1.29 is 9.90 Å². The van der Waals surface area contributed by atoms with Gasteiger partial charge in [0.2, 0.25) is 0 Å². The van der Waals surface area contributed by atoms with Crippen molar-refractivity contribution in [3.8, 4) is 0 Å². The van der Waals surface area contributed by atoms with Crippen LogP contribution in [-0.2, 0) is 0 Å². The number of pyridine rings is 1. The lowest BCUT2D eigenvalue weighted by Crippen LogP contribution is -2.50. The first-order valence-electron chi connectivity index (χ1n) is 9.37. The molecule has 1 saturated carbocycles. The van der Waals surface area contributed by atoms with Crippen molar-refractivity contribution in [2.75, 3.05) is 20.6 Å². The molecule has 3 rings (SSSR count). The molecule has 2 heterocycles. The van der Waals surface area contributed by atoms with E-state index in [1.807, 2.05) is 26.1 Å². The minimum absolute atomic E-state index is 0.0435. The van der Waals surface area contributed by atoms with Crippen LogP contribution in [0.4, 0.5) is 0 Å². The Balaban J connectivity index is 1.75. The number of carbonyl (C=O) groups excluding carboxylic acids is 1. The van der Waals surface area contributed by atoms with Gasteiger partial charge >= 0.3 is 0 Å². The zero-order chi connectivity index (χ0) is 18.2. The highest BCUT2D eigenvalue weighted by Crippen LogP contribution is 2.52. The van der Waals surface area contributed by atoms with Crippen molar-refractivity contribution in [3.63, 3.8) is 0 Å². The lowest BCUT2D eigenvalue weighted by atomic mass is 9.67. The van der Waals surface area contributed by atoms with E-state index in [0.29, 0.717) is 18.3 Å². The fourth-order valence-corrected chi connectivity index (χ4v) is 4.94. The minimum Gasteiger partial charge on any atom is -0.390 e. The number of aliphatic hydroxyl groups is 1. The van der Waals surface area contributed by atoms with Crippen molar-refractivity contribution in [1.82, 2.24) is 14.8 Å². The average Bonchev–Trinajstić information content (AvgIpc) is 2.76. The molecule has 2 fully saturated rings. The number of likely N-dealkylation sites (N-methyl/N-ethyl adjacent to an activating group) is 2. The third kappa shape index (κ3) is 3.20. The molecule has 0 bridgehead atoms. The van der Waals surface area contributed by atoms with E-state index in [-0.39, 0.29) is 17.4 Å². The van der Waals surface area contributed by atoms with Crippen LogP contribution in [0.3, 0.4) is 0 Å². The fourth-order valence-electron chi connectivity index (χ4n) is 4.94. The molecule has 4 atom stereocenters. The summed E-state index contributed by atoms with van der Waals surface area (Å²) in [5, 5.41) is 11.1. The van der Waals surface area contributed by atoms with Crippen LogP contribution in [0.25, 0.3) is 0 Å². The van der Waals surface area contributed by atoms with Gasteiger partial charge < -0.3 is 10.0 Å². The molecule has 1 aromatic rings. The van der Waals surface area contributed by atoms with Gasteiger partial charge in [0, 0.05) is 37.3 Å². The van der Waals surface area contributed by atoms with Gasteiger partial charge in [-0.15, -0.1) is 0 Å². The molecule has 0 aromatic carbocycles. The minimum atomic E-state index is -0.652. The van der Waals surface area contributed by atoms with Crippen molar-refractivity contribution >= 4 is 5.91 Å². The summed E-state index contributed by atoms with van der Waals surface area (Å²) in [6.45, 7) is 4.90. The van der Waals surface area contributed by atoms with E-state index in [4.69, 9.17) is 0 Å². The first kappa shape index (κ1) is 18.3. The topological polar surface area (TPSA) is 56.7 Å². The number of carbonyl (C=O) groups is 1. The third-order valence-corrected chi connectivity index (χ3v) is 6.80. The molecule has 25 heavy (non-hydrogen) atoms. The largest absolute Gasteiger partial charge is 0.390 e. The number of rotatable bonds is 3. The maximum absolute atomic E-state index is 12.6. The van der Waals surface area contributed by atoms with Gasteiger partial charge in [0.25, 0.3) is 5.91 Å². The van der Waals surface area contributed by atoms with Crippen LogP contribution in [0.5, 0.6) is 0 Å². The van der Waals surface area contributed by atoms with Gasteiger partial charge in [0.05, 0.1) is 5.60 Å². The van der Waals surface area contributed by atoms with Gasteiger partial charge in [-0.1, -0.05) is 25.8 Å². The Kier molecular flexibility index (Phi) is 4.91. The Morgan fingerprint density at radius 3 is 2.84 bits per heavy atom. The maximum Gasteiger partial charge on any atom is 0.272 e. The summed E-state index contributed by atoms with van der Waals surface area (Å²) in [6, 6.07) is 6.04. The Bertz CT molecular complexity index is 619. The zero-order valence-corrected chi connectivity index (χ0v) is 15.9. The molecular formula is C20H31N3O2. The SMILES string of the molecule is CN(C[C@H]1C[C@]2(C)[C@@H](CCCC[C@]2(C)O)N1C)C(=O)c1ccccn1. The van der Waals surface area contributed by atoms with Crippen LogP contribution in [0.1, 0.15) is 56.4 Å². The Morgan fingerprint density at radius 2 is 2.16 bits per heavy atom. The second-order valence-corrected chi connectivity index (χ2v) is 8.38. The molecule has 0 spiro atoms.